The molecule has 0 amide bonds. The average molecular weight is 1460 g/mol. The number of rotatable bonds is 41. The van der Waals surface area contributed by atoms with Gasteiger partial charge in [-0.15, -0.1) is 0 Å². The van der Waals surface area contributed by atoms with E-state index in [-0.39, 0.29) is 52.2 Å². The second-order valence-corrected chi connectivity index (χ2v) is 25.0. The highest BCUT2D eigenvalue weighted by atomic mass is 16.8. The van der Waals surface area contributed by atoms with Gasteiger partial charge in [0.05, 0.1) is 58.5 Å². The maximum absolute atomic E-state index is 7.04. The van der Waals surface area contributed by atoms with Crippen LogP contribution in [0.3, 0.4) is 0 Å². The van der Waals surface area contributed by atoms with Gasteiger partial charge in [0.2, 0.25) is 0 Å². The summed E-state index contributed by atoms with van der Waals surface area (Å²) in [6, 6.07) is 0. The predicted octanol–water partition coefficient (Wildman–Crippen LogP) is -0.611. The molecule has 0 N–H and O–H groups in total. The summed E-state index contributed by atoms with van der Waals surface area (Å²) >= 11 is 0. The summed E-state index contributed by atoms with van der Waals surface area (Å²) in [5, 5.41) is 0. The molecular formula is C65H118O35. The van der Waals surface area contributed by atoms with Crippen molar-refractivity contribution in [1.29, 1.82) is 0 Å². The fourth-order valence-corrected chi connectivity index (χ4v) is 14.9. The number of hydrogen-bond acceptors (Lipinski definition) is 35. The molecular weight excluding hydrogens is 1340 g/mol. The molecule has 0 radical (unpaired) electrons. The SMILES string of the molecule is COCC1O[C@H](O[C@@H]2C(COC)O[C@H](O[C@@H]3C(COC)O[C@H](O[C@@H]4C(COC)O[C@H](OC)C(OC)[C@@H]4OC)C(OC)[C@@H]3OC)C(OC)[C@@H]2OC)C(OC)[C@H](OC)[C@@H]1O[C@H]1OC(COC)[C@@H](O[C@H]2OC(COC)[C@@H](O[C@H]3OC(COC)[C@H](C)[C@@H](OC)C3OC)[C@@H](OC)C2OC)[C@@H](OC)C1OC. The minimum Gasteiger partial charge on any atom is -0.382 e. The van der Waals surface area contributed by atoms with Crippen molar-refractivity contribution in [2.75, 3.05) is 203 Å². The van der Waals surface area contributed by atoms with Crippen molar-refractivity contribution in [3.63, 3.8) is 0 Å². The van der Waals surface area contributed by atoms with Crippen LogP contribution in [0.5, 0.6) is 0 Å². The van der Waals surface area contributed by atoms with Gasteiger partial charge in [0.1, 0.15) is 153 Å². The van der Waals surface area contributed by atoms with Gasteiger partial charge in [-0.25, -0.2) is 0 Å². The zero-order valence-electron chi connectivity index (χ0n) is 62.4. The van der Waals surface area contributed by atoms with Crippen LogP contribution in [0, 0.1) is 5.92 Å². The van der Waals surface area contributed by atoms with E-state index in [2.05, 4.69) is 0 Å². The first kappa shape index (κ1) is 85.8. The number of hydrogen-bond donors (Lipinski definition) is 0. The summed E-state index contributed by atoms with van der Waals surface area (Å²) in [5.74, 6) is -0.107. The topological polar surface area (TPSA) is 323 Å². The predicted molar refractivity (Wildman–Crippen MR) is 340 cm³/mol. The fourth-order valence-electron chi connectivity index (χ4n) is 14.9. The molecule has 7 aliphatic heterocycles. The van der Waals surface area contributed by atoms with Crippen LogP contribution in [0.2, 0.25) is 0 Å². The first-order valence-electron chi connectivity index (χ1n) is 33.4. The molecule has 100 heavy (non-hydrogen) atoms. The van der Waals surface area contributed by atoms with Crippen LogP contribution in [-0.4, -0.2) is 412 Å². The third-order valence-corrected chi connectivity index (χ3v) is 19.7. The Kier molecular flexibility index (Phi) is 36.9. The Hall–Kier alpha value is -1.40. The highest BCUT2D eigenvalue weighted by Crippen LogP contribution is 2.42. The molecule has 0 saturated carbocycles. The van der Waals surface area contributed by atoms with Crippen LogP contribution in [0.15, 0.2) is 0 Å². The first-order valence-corrected chi connectivity index (χ1v) is 33.4. The Balaban J connectivity index is 1.10. The largest absolute Gasteiger partial charge is 0.382 e. The molecule has 7 rings (SSSR count). The van der Waals surface area contributed by atoms with E-state index >= 15 is 0 Å². The van der Waals surface area contributed by atoms with Crippen LogP contribution in [-0.2, 0) is 166 Å². The van der Waals surface area contributed by atoms with Gasteiger partial charge < -0.3 is 166 Å². The Labute approximate surface area is 588 Å². The van der Waals surface area contributed by atoms with Gasteiger partial charge in [-0.1, -0.05) is 6.92 Å². The molecule has 35 atom stereocenters. The van der Waals surface area contributed by atoms with Crippen LogP contribution in [0.1, 0.15) is 6.92 Å². The Morgan fingerprint density at radius 1 is 0.160 bits per heavy atom. The van der Waals surface area contributed by atoms with E-state index in [1.807, 2.05) is 6.92 Å². The van der Waals surface area contributed by atoms with Crippen molar-refractivity contribution in [2.45, 2.75) is 216 Å². The standard InChI is InChI=1S/C65H118O35/c1-31-32(24-66-2)88-60(52(80-16)39(31)73-9)95-41-34(26-68-4)90-62(54(82-18)47(41)75-11)97-43-36(28-70-6)92-64(56(84-20)49(43)77-13)99-45-38(30-72-8)94-65(58(86-22)51(45)79-15)100-44-37(29-71-7)93-63(57(85-21)50(44)78-14)98-42-35(27-69-5)91-61(55(83-19)48(42)76-12)96-40-33(25-67-3)89-59(87-23)53(81-17)46(40)74-10/h31-65H,24-30H2,1-23H3/t31-,32?,33?,34?,35?,36?,37?,38?,39+,40+,41+,42+,43+,44+,45+,46+,47+,48+,49+,50+,51+,52?,53?,54?,55?,56?,57?,58?,59-,60+,61+,62+,63+,64+,65+/m0/s1. The lowest BCUT2D eigenvalue weighted by Crippen LogP contribution is -2.69. The van der Waals surface area contributed by atoms with Crippen molar-refractivity contribution >= 4 is 0 Å². The molecule has 0 bridgehead atoms. The van der Waals surface area contributed by atoms with Gasteiger partial charge in [-0.3, -0.25) is 0 Å². The Morgan fingerprint density at radius 3 is 0.480 bits per heavy atom. The van der Waals surface area contributed by atoms with Gasteiger partial charge >= 0.3 is 0 Å². The molecule has 7 heterocycles. The van der Waals surface area contributed by atoms with Crippen molar-refractivity contribution in [3.05, 3.63) is 0 Å². The second kappa shape index (κ2) is 43.0. The fraction of sp³-hybridized carbons (Fsp3) is 1.00. The zero-order valence-corrected chi connectivity index (χ0v) is 62.4. The monoisotopic (exact) mass is 1460 g/mol. The summed E-state index contributed by atoms with van der Waals surface area (Å²) in [6.07, 6.45) is -30.7. The molecule has 7 aliphatic rings. The highest BCUT2D eigenvalue weighted by molar-refractivity contribution is 5.03. The lowest BCUT2D eigenvalue weighted by molar-refractivity contribution is -0.403. The lowest BCUT2D eigenvalue weighted by atomic mass is 9.90. The summed E-state index contributed by atoms with van der Waals surface area (Å²) in [7, 11) is 33.7. The van der Waals surface area contributed by atoms with E-state index in [1.165, 1.54) is 107 Å². The molecule has 0 aliphatic carbocycles. The van der Waals surface area contributed by atoms with E-state index in [0.29, 0.717) is 0 Å². The van der Waals surface area contributed by atoms with Crippen LogP contribution < -0.4 is 0 Å². The van der Waals surface area contributed by atoms with Gasteiger partial charge in [0, 0.05) is 162 Å². The molecule has 0 aromatic carbocycles. The first-order chi connectivity index (χ1) is 48.6. The van der Waals surface area contributed by atoms with Crippen molar-refractivity contribution < 1.29 is 166 Å². The van der Waals surface area contributed by atoms with E-state index in [1.54, 1.807) is 49.8 Å². The van der Waals surface area contributed by atoms with E-state index in [0.717, 1.165) is 0 Å². The zero-order chi connectivity index (χ0) is 72.9. The van der Waals surface area contributed by atoms with E-state index in [4.69, 9.17) is 166 Å². The summed E-state index contributed by atoms with van der Waals surface area (Å²) in [5.41, 5.74) is 0. The van der Waals surface area contributed by atoms with Gasteiger partial charge in [-0.2, -0.15) is 0 Å². The third-order valence-electron chi connectivity index (χ3n) is 19.7. The number of ether oxygens (including phenoxy) is 35. The molecule has 588 valence electrons. The van der Waals surface area contributed by atoms with Gasteiger partial charge in [0.25, 0.3) is 0 Å². The highest BCUT2D eigenvalue weighted by Gasteiger charge is 2.61. The molecule has 14 unspecified atom stereocenters. The maximum Gasteiger partial charge on any atom is 0.187 e. The molecule has 35 heteroatoms. The van der Waals surface area contributed by atoms with E-state index < -0.39 is 209 Å². The molecule has 35 nitrogen and oxygen atoms in total. The van der Waals surface area contributed by atoms with E-state index in [9.17, 15) is 0 Å². The minimum atomic E-state index is -1.22. The molecule has 7 saturated heterocycles. The molecule has 0 spiro atoms. The summed E-state index contributed by atoms with van der Waals surface area (Å²) in [6.45, 7) is 2.36. The smallest absolute Gasteiger partial charge is 0.187 e. The Bertz CT molecular complexity index is 2210. The summed E-state index contributed by atoms with van der Waals surface area (Å²) < 4.78 is 220. The Morgan fingerprint density at radius 2 is 0.310 bits per heavy atom. The second-order valence-electron chi connectivity index (χ2n) is 25.0. The molecule has 7 fully saturated rings. The third kappa shape index (κ3) is 19.4. The van der Waals surface area contributed by atoms with Crippen LogP contribution >= 0.6 is 0 Å². The number of methoxy groups -OCH3 is 22. The van der Waals surface area contributed by atoms with Gasteiger partial charge in [0.15, 0.2) is 44.0 Å². The normalized spacial score (nSPS) is 44.4. The molecule has 0 aromatic heterocycles. The van der Waals surface area contributed by atoms with Crippen molar-refractivity contribution in [2.24, 2.45) is 5.92 Å². The summed E-state index contributed by atoms with van der Waals surface area (Å²) in [4.78, 5) is 0. The van der Waals surface area contributed by atoms with Gasteiger partial charge in [-0.05, 0) is 0 Å². The molecule has 0 aromatic rings. The van der Waals surface area contributed by atoms with Crippen LogP contribution in [0.25, 0.3) is 0 Å². The quantitative estimate of drug-likeness (QED) is 0.0737. The lowest BCUT2D eigenvalue weighted by Gasteiger charge is -2.52. The van der Waals surface area contributed by atoms with Crippen LogP contribution in [0.4, 0.5) is 0 Å². The van der Waals surface area contributed by atoms with Crippen molar-refractivity contribution in [1.82, 2.24) is 0 Å². The average Bonchev–Trinajstić information content (AvgIpc) is 0.773. The maximum atomic E-state index is 7.04. The minimum absolute atomic E-state index is 0.00469. The van der Waals surface area contributed by atoms with Crippen molar-refractivity contribution in [3.8, 4) is 0 Å².